The van der Waals surface area contributed by atoms with E-state index in [0.717, 1.165) is 12.8 Å². The van der Waals surface area contributed by atoms with Crippen LogP contribution in [-0.2, 0) is 4.74 Å². The molecule has 2 heteroatoms. The molecule has 2 atom stereocenters. The molecule has 0 aromatic carbocycles. The molecule has 1 fully saturated rings. The van der Waals surface area contributed by atoms with Crippen LogP contribution in [0.3, 0.4) is 0 Å². The van der Waals surface area contributed by atoms with Gasteiger partial charge in [-0.05, 0) is 32.6 Å². The first-order valence-electron chi connectivity index (χ1n) is 4.09. The smallest absolute Gasteiger partial charge is 0.0580 e. The highest BCUT2D eigenvalue weighted by Gasteiger charge is 2.20. The van der Waals surface area contributed by atoms with Crippen molar-refractivity contribution in [3.8, 4) is 0 Å². The lowest BCUT2D eigenvalue weighted by Gasteiger charge is -2.08. The van der Waals surface area contributed by atoms with Gasteiger partial charge >= 0.3 is 0 Å². The highest BCUT2D eigenvalue weighted by atomic mass is 16.5. The summed E-state index contributed by atoms with van der Waals surface area (Å²) >= 11 is 0. The van der Waals surface area contributed by atoms with Crippen LogP contribution in [0.25, 0.3) is 0 Å². The Kier molecular flexibility index (Phi) is 3.16. The van der Waals surface area contributed by atoms with E-state index in [1.54, 1.807) is 0 Å². The van der Waals surface area contributed by atoms with Gasteiger partial charge in [-0.2, -0.15) is 0 Å². The predicted molar refractivity (Wildman–Crippen MR) is 39.9 cm³/mol. The van der Waals surface area contributed by atoms with Crippen LogP contribution < -0.4 is 0 Å². The summed E-state index contributed by atoms with van der Waals surface area (Å²) < 4.78 is 5.55. The third-order valence-electron chi connectivity index (χ3n) is 2.00. The van der Waals surface area contributed by atoms with Crippen molar-refractivity contribution in [2.24, 2.45) is 0 Å². The predicted octanol–water partition coefficient (Wildman–Crippen LogP) is 1.33. The summed E-state index contributed by atoms with van der Waals surface area (Å²) in [5, 5.41) is 8.54. The third-order valence-corrected chi connectivity index (χ3v) is 2.00. The van der Waals surface area contributed by atoms with Crippen LogP contribution in [0.15, 0.2) is 0 Å². The van der Waals surface area contributed by atoms with Crippen molar-refractivity contribution < 1.29 is 9.84 Å². The van der Waals surface area contributed by atoms with Crippen molar-refractivity contribution in [1.82, 2.24) is 0 Å². The fourth-order valence-corrected chi connectivity index (χ4v) is 1.42. The van der Waals surface area contributed by atoms with Crippen molar-refractivity contribution in [3.05, 3.63) is 0 Å². The van der Waals surface area contributed by atoms with Gasteiger partial charge in [0.1, 0.15) is 0 Å². The molecule has 2 nitrogen and oxygen atoms in total. The second kappa shape index (κ2) is 3.94. The molecule has 0 bridgehead atoms. The summed E-state index contributed by atoms with van der Waals surface area (Å²) in [4.78, 5) is 0. The Balaban J connectivity index is 2.06. The van der Waals surface area contributed by atoms with E-state index in [-0.39, 0.29) is 0 Å². The summed E-state index contributed by atoms with van der Waals surface area (Å²) in [5.74, 6) is 0. The van der Waals surface area contributed by atoms with Crippen molar-refractivity contribution in [2.45, 2.75) is 44.8 Å². The van der Waals surface area contributed by atoms with Crippen LogP contribution in [0.4, 0.5) is 0 Å². The van der Waals surface area contributed by atoms with E-state index >= 15 is 0 Å². The van der Waals surface area contributed by atoms with Crippen LogP contribution in [-0.4, -0.2) is 23.9 Å². The molecular weight excluding hydrogens is 128 g/mol. The largest absolute Gasteiger partial charge is 0.396 e. The SMILES string of the molecule is C[C@@H]1CC[C@H](CCCO)O1. The molecule has 10 heavy (non-hydrogen) atoms. The number of aliphatic hydroxyl groups is 1. The quantitative estimate of drug-likeness (QED) is 0.647. The molecule has 1 saturated heterocycles. The molecule has 0 aromatic heterocycles. The maximum absolute atomic E-state index is 8.54. The van der Waals surface area contributed by atoms with E-state index in [1.165, 1.54) is 12.8 Å². The average molecular weight is 144 g/mol. The number of ether oxygens (including phenoxy) is 1. The summed E-state index contributed by atoms with van der Waals surface area (Å²) in [6.45, 7) is 2.41. The lowest BCUT2D eigenvalue weighted by atomic mass is 10.1. The minimum atomic E-state index is 0.300. The second-order valence-electron chi connectivity index (χ2n) is 3.01. The first-order chi connectivity index (χ1) is 4.83. The summed E-state index contributed by atoms with van der Waals surface area (Å²) in [6.07, 6.45) is 5.17. The Bertz CT molecular complexity index is 93.3. The highest BCUT2D eigenvalue weighted by Crippen LogP contribution is 2.22. The van der Waals surface area contributed by atoms with Gasteiger partial charge in [-0.1, -0.05) is 0 Å². The molecule has 0 amide bonds. The summed E-state index contributed by atoms with van der Waals surface area (Å²) in [5.41, 5.74) is 0. The van der Waals surface area contributed by atoms with E-state index in [1.807, 2.05) is 0 Å². The van der Waals surface area contributed by atoms with E-state index in [9.17, 15) is 0 Å². The lowest BCUT2D eigenvalue weighted by Crippen LogP contribution is -2.08. The Morgan fingerprint density at radius 2 is 2.30 bits per heavy atom. The molecule has 0 radical (unpaired) electrons. The standard InChI is InChI=1S/C8H16O2/c1-7-4-5-8(10-7)3-2-6-9/h7-9H,2-6H2,1H3/t7-,8+/m1/s1. The minimum Gasteiger partial charge on any atom is -0.396 e. The van der Waals surface area contributed by atoms with Crippen LogP contribution in [0.2, 0.25) is 0 Å². The zero-order valence-corrected chi connectivity index (χ0v) is 6.55. The zero-order valence-electron chi connectivity index (χ0n) is 6.55. The number of hydrogen-bond acceptors (Lipinski definition) is 2. The molecule has 0 aromatic rings. The molecule has 1 rings (SSSR count). The highest BCUT2D eigenvalue weighted by molar-refractivity contribution is 4.69. The van der Waals surface area contributed by atoms with Gasteiger partial charge in [0.2, 0.25) is 0 Å². The molecule has 60 valence electrons. The minimum absolute atomic E-state index is 0.300. The van der Waals surface area contributed by atoms with Gasteiger partial charge < -0.3 is 9.84 Å². The molecule has 0 unspecified atom stereocenters. The maximum Gasteiger partial charge on any atom is 0.0580 e. The van der Waals surface area contributed by atoms with Crippen LogP contribution in [0.1, 0.15) is 32.6 Å². The van der Waals surface area contributed by atoms with Gasteiger partial charge in [-0.3, -0.25) is 0 Å². The van der Waals surface area contributed by atoms with Crippen molar-refractivity contribution in [3.63, 3.8) is 0 Å². The van der Waals surface area contributed by atoms with Gasteiger partial charge in [0.25, 0.3) is 0 Å². The Morgan fingerprint density at radius 3 is 2.80 bits per heavy atom. The topological polar surface area (TPSA) is 29.5 Å². The van der Waals surface area contributed by atoms with E-state index in [0.29, 0.717) is 18.8 Å². The van der Waals surface area contributed by atoms with Gasteiger partial charge in [0, 0.05) is 6.61 Å². The van der Waals surface area contributed by atoms with E-state index in [4.69, 9.17) is 9.84 Å². The monoisotopic (exact) mass is 144 g/mol. The first-order valence-corrected chi connectivity index (χ1v) is 4.09. The molecule has 1 N–H and O–H groups in total. The van der Waals surface area contributed by atoms with Crippen LogP contribution >= 0.6 is 0 Å². The molecule has 0 aliphatic carbocycles. The number of aliphatic hydroxyl groups excluding tert-OH is 1. The van der Waals surface area contributed by atoms with Gasteiger partial charge in [-0.15, -0.1) is 0 Å². The van der Waals surface area contributed by atoms with Crippen molar-refractivity contribution in [2.75, 3.05) is 6.61 Å². The lowest BCUT2D eigenvalue weighted by molar-refractivity contribution is 0.0468. The van der Waals surface area contributed by atoms with Crippen molar-refractivity contribution in [1.29, 1.82) is 0 Å². The molecule has 1 aliphatic heterocycles. The third kappa shape index (κ3) is 2.27. The van der Waals surface area contributed by atoms with E-state index in [2.05, 4.69) is 6.92 Å². The second-order valence-corrected chi connectivity index (χ2v) is 3.01. The molecule has 1 heterocycles. The van der Waals surface area contributed by atoms with Gasteiger partial charge in [0.15, 0.2) is 0 Å². The summed E-state index contributed by atoms with van der Waals surface area (Å²) in [7, 11) is 0. The van der Waals surface area contributed by atoms with Gasteiger partial charge in [-0.25, -0.2) is 0 Å². The Morgan fingerprint density at radius 1 is 1.50 bits per heavy atom. The first kappa shape index (κ1) is 8.02. The van der Waals surface area contributed by atoms with Gasteiger partial charge in [0.05, 0.1) is 12.2 Å². The fraction of sp³-hybridized carbons (Fsp3) is 1.00. The average Bonchev–Trinajstić information content (AvgIpc) is 2.31. The fourth-order valence-electron chi connectivity index (χ4n) is 1.42. The summed E-state index contributed by atoms with van der Waals surface area (Å²) in [6, 6.07) is 0. The Hall–Kier alpha value is -0.0800. The number of hydrogen-bond donors (Lipinski definition) is 1. The molecule has 0 saturated carbocycles. The van der Waals surface area contributed by atoms with E-state index < -0.39 is 0 Å². The maximum atomic E-state index is 8.54. The zero-order chi connectivity index (χ0) is 7.40. The normalized spacial score (nSPS) is 33.0. The number of rotatable bonds is 3. The van der Waals surface area contributed by atoms with Crippen LogP contribution in [0, 0.1) is 0 Å². The molecular formula is C8H16O2. The van der Waals surface area contributed by atoms with Crippen LogP contribution in [0.5, 0.6) is 0 Å². The molecule has 0 spiro atoms. The Labute approximate surface area is 62.2 Å². The van der Waals surface area contributed by atoms with Crippen molar-refractivity contribution >= 4 is 0 Å². The molecule has 1 aliphatic rings.